The average Bonchev–Trinajstić information content (AvgIpc) is 3.31. The van der Waals surface area contributed by atoms with Crippen molar-refractivity contribution in [3.8, 4) is 22.3 Å². The van der Waals surface area contributed by atoms with Crippen molar-refractivity contribution >= 4 is 41.0 Å². The van der Waals surface area contributed by atoms with Crippen LogP contribution in [0.25, 0.3) is 22.3 Å². The van der Waals surface area contributed by atoms with Gasteiger partial charge in [0.2, 0.25) is 0 Å². The second kappa shape index (κ2) is 12.9. The summed E-state index contributed by atoms with van der Waals surface area (Å²) in [6.07, 6.45) is 4.94. The minimum Gasteiger partial charge on any atom is -0.355 e. The van der Waals surface area contributed by atoms with E-state index in [1.807, 2.05) is 0 Å². The van der Waals surface area contributed by atoms with Crippen LogP contribution in [0, 0.1) is 20.8 Å². The zero-order valence-electron chi connectivity index (χ0n) is 36.9. The molecule has 3 aliphatic rings. The first kappa shape index (κ1) is 38.6. The SMILES string of the molecule is Cc1cc(C)c(-c2cc(-c3ccc(C(C)(C)C)cc3Nc3ccc(C(C)(C)C)cc3)c3c(c2)N2c4c(cc(C(C)(C)C)cc4C4(C)CCCCC24C)[B]3)c(C)c1. The summed E-state index contributed by atoms with van der Waals surface area (Å²) < 4.78 is 0. The molecule has 0 aromatic heterocycles. The number of hydrogen-bond donors (Lipinski definition) is 1. The maximum atomic E-state index is 3.97. The van der Waals surface area contributed by atoms with Crippen LogP contribution in [0.5, 0.6) is 0 Å². The molecule has 0 spiro atoms. The third kappa shape index (κ3) is 6.15. The van der Waals surface area contributed by atoms with Gasteiger partial charge in [0, 0.05) is 33.7 Å². The van der Waals surface area contributed by atoms with Crippen molar-refractivity contribution in [2.45, 2.75) is 150 Å². The molecule has 8 rings (SSSR count). The van der Waals surface area contributed by atoms with Crippen molar-refractivity contribution in [3.05, 3.63) is 118 Å². The minimum absolute atomic E-state index is 0.00283. The standard InChI is InChI=1S/C53H64BN2/c1-32-25-33(2)46(34(3)26-32)35-27-41(40-22-19-37(50(7,8)9)31-44(40)55-39-20-17-36(18-21-39)49(4,5)6)47-45(28-35)56-48-42(52(13)23-15-16-24-53(52,56)14)29-38(51(10,11)12)30-43(48)54-47/h17-22,25-31,55H,15-16,23-24H2,1-14H3. The van der Waals surface area contributed by atoms with E-state index in [2.05, 4.69) is 193 Å². The van der Waals surface area contributed by atoms with Gasteiger partial charge in [-0.25, -0.2) is 0 Å². The third-order valence-corrected chi connectivity index (χ3v) is 14.0. The summed E-state index contributed by atoms with van der Waals surface area (Å²) in [5, 5.41) is 3.97. The van der Waals surface area contributed by atoms with Crippen LogP contribution in [0.15, 0.2) is 78.9 Å². The maximum Gasteiger partial charge on any atom is 0.197 e. The lowest BCUT2D eigenvalue weighted by Gasteiger charge is -2.51. The monoisotopic (exact) mass is 740 g/mol. The molecule has 1 aliphatic carbocycles. The Hall–Kier alpha value is -4.24. The first-order chi connectivity index (χ1) is 26.1. The zero-order chi connectivity index (χ0) is 40.3. The van der Waals surface area contributed by atoms with Crippen LogP contribution in [0.3, 0.4) is 0 Å². The topological polar surface area (TPSA) is 15.3 Å². The van der Waals surface area contributed by atoms with Gasteiger partial charge in [-0.1, -0.05) is 147 Å². The number of rotatable bonds is 4. The largest absolute Gasteiger partial charge is 0.355 e. The number of aryl methyl sites for hydroxylation is 3. The molecule has 5 aromatic rings. The van der Waals surface area contributed by atoms with Crippen molar-refractivity contribution < 1.29 is 0 Å². The second-order valence-corrected chi connectivity index (χ2v) is 21.2. The van der Waals surface area contributed by atoms with Gasteiger partial charge in [-0.15, -0.1) is 0 Å². The molecule has 1 N–H and O–H groups in total. The molecular formula is C53H64BN2. The zero-order valence-corrected chi connectivity index (χ0v) is 36.9. The van der Waals surface area contributed by atoms with E-state index in [1.54, 1.807) is 5.56 Å². The van der Waals surface area contributed by atoms with Crippen molar-refractivity contribution in [1.82, 2.24) is 0 Å². The molecule has 289 valence electrons. The van der Waals surface area contributed by atoms with E-state index >= 15 is 0 Å². The lowest BCUT2D eigenvalue weighted by Crippen LogP contribution is -2.57. The molecule has 2 aliphatic heterocycles. The van der Waals surface area contributed by atoms with Crippen molar-refractivity contribution in [3.63, 3.8) is 0 Å². The first-order valence-corrected chi connectivity index (χ1v) is 21.2. The Balaban J connectivity index is 1.43. The fourth-order valence-corrected chi connectivity index (χ4v) is 10.5. The number of benzene rings is 5. The lowest BCUT2D eigenvalue weighted by atomic mass is 9.57. The number of nitrogens with zero attached hydrogens (tertiary/aromatic N) is 1. The molecular weight excluding hydrogens is 675 g/mol. The summed E-state index contributed by atoms with van der Waals surface area (Å²) in [4.78, 5) is 2.84. The molecule has 2 atom stereocenters. The maximum absolute atomic E-state index is 3.97. The molecule has 1 fully saturated rings. The molecule has 2 unspecified atom stereocenters. The Kier molecular flexibility index (Phi) is 8.89. The van der Waals surface area contributed by atoms with Crippen LogP contribution < -0.4 is 21.1 Å². The Morgan fingerprint density at radius 1 is 0.625 bits per heavy atom. The van der Waals surface area contributed by atoms with Crippen LogP contribution >= 0.6 is 0 Å². The number of nitrogens with one attached hydrogen (secondary N) is 1. The second-order valence-electron chi connectivity index (χ2n) is 21.2. The Morgan fingerprint density at radius 3 is 1.86 bits per heavy atom. The highest BCUT2D eigenvalue weighted by Crippen LogP contribution is 2.61. The number of hydrogen-bond acceptors (Lipinski definition) is 2. The summed E-state index contributed by atoms with van der Waals surface area (Å²) in [7, 11) is 2.55. The predicted octanol–water partition coefficient (Wildman–Crippen LogP) is 13.3. The fourth-order valence-electron chi connectivity index (χ4n) is 10.5. The van der Waals surface area contributed by atoms with Crippen molar-refractivity contribution in [2.24, 2.45) is 0 Å². The quantitative estimate of drug-likeness (QED) is 0.185. The van der Waals surface area contributed by atoms with Crippen molar-refractivity contribution in [2.75, 3.05) is 10.2 Å². The molecule has 3 heteroatoms. The van der Waals surface area contributed by atoms with Gasteiger partial charge in [-0.05, 0) is 137 Å². The summed E-state index contributed by atoms with van der Waals surface area (Å²) in [5.41, 5.74) is 22.7. The number of anilines is 4. The van der Waals surface area contributed by atoms with Gasteiger partial charge in [0.05, 0.1) is 5.54 Å². The normalized spacial score (nSPS) is 20.3. The molecule has 0 bridgehead atoms. The van der Waals surface area contributed by atoms with E-state index in [0.717, 1.165) is 11.4 Å². The van der Waals surface area contributed by atoms with E-state index in [0.29, 0.717) is 0 Å². The van der Waals surface area contributed by atoms with E-state index in [4.69, 9.17) is 0 Å². The van der Waals surface area contributed by atoms with Crippen LogP contribution in [-0.2, 0) is 21.7 Å². The van der Waals surface area contributed by atoms with Gasteiger partial charge in [0.25, 0.3) is 0 Å². The first-order valence-electron chi connectivity index (χ1n) is 21.2. The Morgan fingerprint density at radius 2 is 1.23 bits per heavy atom. The van der Waals surface area contributed by atoms with Gasteiger partial charge in [0.15, 0.2) is 7.28 Å². The molecule has 0 amide bonds. The van der Waals surface area contributed by atoms with Gasteiger partial charge in [-0.2, -0.15) is 0 Å². The molecule has 2 heterocycles. The fraction of sp³-hybridized carbons (Fsp3) is 0.434. The van der Waals surface area contributed by atoms with Gasteiger partial charge >= 0.3 is 0 Å². The van der Waals surface area contributed by atoms with E-state index in [1.165, 1.54) is 104 Å². The third-order valence-electron chi connectivity index (χ3n) is 14.0. The highest BCUT2D eigenvalue weighted by Gasteiger charge is 2.59. The summed E-state index contributed by atoms with van der Waals surface area (Å²) in [6, 6.07) is 31.2. The van der Waals surface area contributed by atoms with Gasteiger partial charge in [-0.3, -0.25) is 0 Å². The summed E-state index contributed by atoms with van der Waals surface area (Å²) in [6.45, 7) is 32.9. The molecule has 0 saturated heterocycles. The van der Waals surface area contributed by atoms with Crippen LogP contribution in [0.2, 0.25) is 0 Å². The average molecular weight is 740 g/mol. The number of fused-ring (bicyclic) bond motifs is 5. The van der Waals surface area contributed by atoms with E-state index in [9.17, 15) is 0 Å². The van der Waals surface area contributed by atoms with Crippen LogP contribution in [0.1, 0.15) is 141 Å². The van der Waals surface area contributed by atoms with Gasteiger partial charge in [0.1, 0.15) is 0 Å². The molecule has 1 saturated carbocycles. The molecule has 56 heavy (non-hydrogen) atoms. The summed E-state index contributed by atoms with van der Waals surface area (Å²) in [5.74, 6) is 0. The van der Waals surface area contributed by atoms with Crippen LogP contribution in [0.4, 0.5) is 22.7 Å². The van der Waals surface area contributed by atoms with Crippen molar-refractivity contribution in [1.29, 1.82) is 0 Å². The predicted molar refractivity (Wildman–Crippen MR) is 245 cm³/mol. The minimum atomic E-state index is -0.0406. The Bertz CT molecular complexity index is 2350. The van der Waals surface area contributed by atoms with Gasteiger partial charge < -0.3 is 10.2 Å². The highest BCUT2D eigenvalue weighted by atomic mass is 15.3. The molecule has 1 radical (unpaired) electrons. The Labute approximate surface area is 339 Å². The molecule has 5 aromatic carbocycles. The van der Waals surface area contributed by atoms with E-state index in [-0.39, 0.29) is 27.2 Å². The highest BCUT2D eigenvalue weighted by molar-refractivity contribution is 6.73. The summed E-state index contributed by atoms with van der Waals surface area (Å²) >= 11 is 0. The smallest absolute Gasteiger partial charge is 0.197 e. The molecule has 2 nitrogen and oxygen atoms in total. The van der Waals surface area contributed by atoms with E-state index < -0.39 is 0 Å². The van der Waals surface area contributed by atoms with Crippen LogP contribution in [-0.4, -0.2) is 12.8 Å². The lowest BCUT2D eigenvalue weighted by molar-refractivity contribution is 0.195.